The first-order valence-corrected chi connectivity index (χ1v) is 8.54. The Morgan fingerprint density at radius 2 is 2.00 bits per heavy atom. The Bertz CT molecular complexity index is 601. The van der Waals surface area contributed by atoms with Gasteiger partial charge in [-0.1, -0.05) is 0 Å². The number of hydrogen-bond donors (Lipinski definition) is 2. The van der Waals surface area contributed by atoms with E-state index in [1.807, 2.05) is 46.9 Å². The third-order valence-electron chi connectivity index (χ3n) is 4.44. The number of nitrogens with one attached hydrogen (secondary N) is 2. The second kappa shape index (κ2) is 7.28. The van der Waals surface area contributed by atoms with Crippen LogP contribution in [0.3, 0.4) is 0 Å². The van der Waals surface area contributed by atoms with Crippen molar-refractivity contribution in [3.8, 4) is 0 Å². The van der Waals surface area contributed by atoms with E-state index in [1.54, 1.807) is 0 Å². The molecule has 1 aromatic heterocycles. The molecular weight excluding hydrogens is 306 g/mol. The van der Waals surface area contributed by atoms with Gasteiger partial charge in [-0.3, -0.25) is 4.79 Å². The number of hydrogen-bond acceptors (Lipinski definition) is 3. The molecule has 1 saturated carbocycles. The zero-order valence-corrected chi connectivity index (χ0v) is 15.3. The van der Waals surface area contributed by atoms with Crippen molar-refractivity contribution in [2.45, 2.75) is 65.1 Å². The predicted octanol–water partition coefficient (Wildman–Crippen LogP) is 2.64. The maximum atomic E-state index is 12.3. The molecule has 1 aliphatic carbocycles. The van der Waals surface area contributed by atoms with Crippen molar-refractivity contribution in [2.24, 2.45) is 13.0 Å². The quantitative estimate of drug-likeness (QED) is 0.888. The van der Waals surface area contributed by atoms with Gasteiger partial charge < -0.3 is 19.9 Å². The molecule has 0 saturated heterocycles. The summed E-state index contributed by atoms with van der Waals surface area (Å²) in [4.78, 5) is 24.1. The van der Waals surface area contributed by atoms with Gasteiger partial charge in [0, 0.05) is 30.4 Å². The number of amides is 2. The van der Waals surface area contributed by atoms with Crippen molar-refractivity contribution in [3.63, 3.8) is 0 Å². The Morgan fingerprint density at radius 1 is 1.29 bits per heavy atom. The second-order valence-electron chi connectivity index (χ2n) is 7.60. The van der Waals surface area contributed by atoms with E-state index >= 15 is 0 Å². The minimum atomic E-state index is -0.507. The molecule has 0 aliphatic heterocycles. The van der Waals surface area contributed by atoms with E-state index in [-0.39, 0.29) is 17.9 Å². The van der Waals surface area contributed by atoms with Gasteiger partial charge in [0.1, 0.15) is 5.60 Å². The topological polar surface area (TPSA) is 72.4 Å². The average molecular weight is 335 g/mol. The van der Waals surface area contributed by atoms with Gasteiger partial charge in [-0.05, 0) is 59.1 Å². The summed E-state index contributed by atoms with van der Waals surface area (Å²) in [5, 5.41) is 5.86. The van der Waals surface area contributed by atoms with Crippen LogP contribution in [0.4, 0.5) is 4.79 Å². The zero-order valence-electron chi connectivity index (χ0n) is 15.3. The lowest BCUT2D eigenvalue weighted by Gasteiger charge is -2.21. The number of carbonyl (C=O) groups excluding carboxylic acids is 2. The summed E-state index contributed by atoms with van der Waals surface area (Å²) >= 11 is 0. The molecule has 2 atom stereocenters. The Balaban J connectivity index is 1.77. The summed E-state index contributed by atoms with van der Waals surface area (Å²) in [6.07, 6.45) is 1.85. The summed E-state index contributed by atoms with van der Waals surface area (Å²) in [5.74, 6) is 0.00800. The first kappa shape index (κ1) is 18.4. The van der Waals surface area contributed by atoms with E-state index in [2.05, 4.69) is 15.2 Å². The average Bonchev–Trinajstić information content (AvgIpc) is 3.03. The van der Waals surface area contributed by atoms with Crippen LogP contribution in [-0.2, 0) is 23.1 Å². The minimum absolute atomic E-state index is 0.00730. The van der Waals surface area contributed by atoms with Gasteiger partial charge in [0.25, 0.3) is 0 Å². The SMILES string of the molecule is Cc1ccc(CNC(=O)[C@@H]2CC[C@H](NC(=O)OC(C)(C)C)C2)n1C. The third-order valence-corrected chi connectivity index (χ3v) is 4.44. The highest BCUT2D eigenvalue weighted by molar-refractivity contribution is 5.79. The minimum Gasteiger partial charge on any atom is -0.444 e. The van der Waals surface area contributed by atoms with Crippen LogP contribution in [-0.4, -0.2) is 28.2 Å². The largest absolute Gasteiger partial charge is 0.444 e. The van der Waals surface area contributed by atoms with Crippen molar-refractivity contribution >= 4 is 12.0 Å². The molecule has 0 unspecified atom stereocenters. The fourth-order valence-electron chi connectivity index (χ4n) is 2.99. The smallest absolute Gasteiger partial charge is 0.407 e. The summed E-state index contributed by atoms with van der Waals surface area (Å²) in [6.45, 7) is 8.08. The number of carbonyl (C=O) groups is 2. The van der Waals surface area contributed by atoms with Gasteiger partial charge in [-0.15, -0.1) is 0 Å². The third kappa shape index (κ3) is 5.01. The van der Waals surface area contributed by atoms with Crippen LogP contribution in [0, 0.1) is 12.8 Å². The first-order valence-electron chi connectivity index (χ1n) is 8.54. The molecule has 1 fully saturated rings. The van der Waals surface area contributed by atoms with Crippen LogP contribution in [0.2, 0.25) is 0 Å². The van der Waals surface area contributed by atoms with Crippen LogP contribution < -0.4 is 10.6 Å². The van der Waals surface area contributed by atoms with E-state index < -0.39 is 11.7 Å². The normalized spacial score (nSPS) is 20.7. The number of nitrogens with zero attached hydrogens (tertiary/aromatic N) is 1. The molecule has 1 aromatic rings. The van der Waals surface area contributed by atoms with Gasteiger partial charge in [-0.25, -0.2) is 4.79 Å². The lowest BCUT2D eigenvalue weighted by atomic mass is 10.1. The molecule has 6 heteroatoms. The Labute approximate surface area is 143 Å². The molecule has 2 rings (SSSR count). The number of aromatic nitrogens is 1. The summed E-state index contributed by atoms with van der Waals surface area (Å²) in [5.41, 5.74) is 1.75. The summed E-state index contributed by atoms with van der Waals surface area (Å²) in [6, 6.07) is 4.07. The van der Waals surface area contributed by atoms with Gasteiger partial charge in [0.2, 0.25) is 5.91 Å². The number of aryl methyl sites for hydroxylation is 1. The second-order valence-corrected chi connectivity index (χ2v) is 7.60. The van der Waals surface area contributed by atoms with Gasteiger partial charge in [0.05, 0.1) is 6.54 Å². The standard InChI is InChI=1S/C18H29N3O3/c1-12-6-9-15(21(12)5)11-19-16(22)13-7-8-14(10-13)20-17(23)24-18(2,3)4/h6,9,13-14H,7-8,10-11H2,1-5H3,(H,19,22)(H,20,23)/t13-,14+/m1/s1. The lowest BCUT2D eigenvalue weighted by Crippen LogP contribution is -2.38. The fraction of sp³-hybridized carbons (Fsp3) is 0.667. The van der Waals surface area contributed by atoms with Crippen LogP contribution in [0.5, 0.6) is 0 Å². The van der Waals surface area contributed by atoms with Crippen molar-refractivity contribution in [1.29, 1.82) is 0 Å². The molecule has 2 amide bonds. The number of ether oxygens (including phenoxy) is 1. The van der Waals surface area contributed by atoms with E-state index in [1.165, 1.54) is 5.69 Å². The van der Waals surface area contributed by atoms with Crippen molar-refractivity contribution in [3.05, 3.63) is 23.5 Å². The number of alkyl carbamates (subject to hydrolysis) is 1. The molecule has 2 N–H and O–H groups in total. The van der Waals surface area contributed by atoms with Gasteiger partial charge in [0.15, 0.2) is 0 Å². The van der Waals surface area contributed by atoms with Gasteiger partial charge in [-0.2, -0.15) is 0 Å². The molecule has 1 aliphatic rings. The van der Waals surface area contributed by atoms with E-state index in [4.69, 9.17) is 4.74 Å². The lowest BCUT2D eigenvalue weighted by molar-refractivity contribution is -0.125. The van der Waals surface area contributed by atoms with Crippen molar-refractivity contribution in [1.82, 2.24) is 15.2 Å². The molecule has 0 radical (unpaired) electrons. The highest BCUT2D eigenvalue weighted by Gasteiger charge is 2.31. The Kier molecular flexibility index (Phi) is 5.57. The first-order chi connectivity index (χ1) is 11.2. The highest BCUT2D eigenvalue weighted by Crippen LogP contribution is 2.26. The van der Waals surface area contributed by atoms with Crippen LogP contribution in [0.1, 0.15) is 51.4 Å². The molecule has 6 nitrogen and oxygen atoms in total. The van der Waals surface area contributed by atoms with E-state index in [0.717, 1.165) is 18.5 Å². The molecule has 0 bridgehead atoms. The van der Waals surface area contributed by atoms with Gasteiger partial charge >= 0.3 is 6.09 Å². The zero-order chi connectivity index (χ0) is 17.9. The molecule has 1 heterocycles. The molecule has 24 heavy (non-hydrogen) atoms. The van der Waals surface area contributed by atoms with Crippen molar-refractivity contribution < 1.29 is 14.3 Å². The van der Waals surface area contributed by atoms with Crippen LogP contribution >= 0.6 is 0 Å². The monoisotopic (exact) mass is 335 g/mol. The Hall–Kier alpha value is -1.98. The van der Waals surface area contributed by atoms with E-state index in [9.17, 15) is 9.59 Å². The van der Waals surface area contributed by atoms with Crippen LogP contribution in [0.25, 0.3) is 0 Å². The maximum Gasteiger partial charge on any atom is 0.407 e. The van der Waals surface area contributed by atoms with Crippen LogP contribution in [0.15, 0.2) is 12.1 Å². The van der Waals surface area contributed by atoms with E-state index in [0.29, 0.717) is 13.0 Å². The summed E-state index contributed by atoms with van der Waals surface area (Å²) < 4.78 is 7.33. The predicted molar refractivity (Wildman–Crippen MR) is 92.5 cm³/mol. The Morgan fingerprint density at radius 3 is 2.58 bits per heavy atom. The number of rotatable bonds is 4. The maximum absolute atomic E-state index is 12.3. The molecular formula is C18H29N3O3. The molecule has 0 aromatic carbocycles. The molecule has 0 spiro atoms. The van der Waals surface area contributed by atoms with Crippen molar-refractivity contribution in [2.75, 3.05) is 0 Å². The highest BCUT2D eigenvalue weighted by atomic mass is 16.6. The summed E-state index contributed by atoms with van der Waals surface area (Å²) in [7, 11) is 1.99. The molecule has 134 valence electrons. The fourth-order valence-corrected chi connectivity index (χ4v) is 2.99.